The van der Waals surface area contributed by atoms with Gasteiger partial charge < -0.3 is 0 Å². The zero-order valence-corrected chi connectivity index (χ0v) is 17.4. The van der Waals surface area contributed by atoms with E-state index in [1.165, 1.54) is 33.5 Å². The van der Waals surface area contributed by atoms with Crippen LogP contribution in [0.4, 0.5) is 5.13 Å². The second-order valence-corrected chi connectivity index (χ2v) is 10.2. The molecule has 3 heterocycles. The van der Waals surface area contributed by atoms with Crippen molar-refractivity contribution in [1.29, 1.82) is 0 Å². The van der Waals surface area contributed by atoms with Crippen LogP contribution < -0.4 is 5.32 Å². The lowest BCUT2D eigenvalue weighted by molar-refractivity contribution is 0.102. The number of carbonyl (C=O) groups excluding carboxylic acids is 1. The molecule has 1 amide bonds. The molecular formula is C19H22N4O3S2. The summed E-state index contributed by atoms with van der Waals surface area (Å²) in [5.74, 6) is 0.241. The molecule has 0 bridgehead atoms. The Kier molecular flexibility index (Phi) is 4.96. The Morgan fingerprint density at radius 3 is 2.93 bits per heavy atom. The molecule has 148 valence electrons. The summed E-state index contributed by atoms with van der Waals surface area (Å²) in [6.45, 7) is 2.20. The number of amides is 1. The fourth-order valence-corrected chi connectivity index (χ4v) is 5.64. The summed E-state index contributed by atoms with van der Waals surface area (Å²) in [5, 5.41) is 3.22. The van der Waals surface area contributed by atoms with E-state index >= 15 is 0 Å². The number of nitrogens with one attached hydrogen (secondary N) is 1. The first-order chi connectivity index (χ1) is 13.4. The van der Waals surface area contributed by atoms with Gasteiger partial charge >= 0.3 is 0 Å². The minimum Gasteiger partial charge on any atom is -0.296 e. The number of fused-ring (bicyclic) bond motifs is 2. The quantitative estimate of drug-likeness (QED) is 0.686. The van der Waals surface area contributed by atoms with Crippen LogP contribution in [0.25, 0.3) is 5.52 Å². The van der Waals surface area contributed by atoms with Gasteiger partial charge in [-0.05, 0) is 37.3 Å². The molecule has 1 unspecified atom stereocenters. The maximum Gasteiger partial charge on any atom is 0.278 e. The molecule has 3 aromatic heterocycles. The number of sulfone groups is 1. The number of hydrogen-bond donors (Lipinski definition) is 1. The first-order valence-electron chi connectivity index (χ1n) is 9.34. The van der Waals surface area contributed by atoms with Crippen molar-refractivity contribution in [3.05, 3.63) is 40.7 Å². The summed E-state index contributed by atoms with van der Waals surface area (Å²) in [6, 6.07) is 5.13. The van der Waals surface area contributed by atoms with E-state index in [1.807, 2.05) is 0 Å². The lowest BCUT2D eigenvalue weighted by Gasteiger charge is -2.19. The van der Waals surface area contributed by atoms with Gasteiger partial charge in [-0.15, -0.1) is 11.3 Å². The zero-order chi connectivity index (χ0) is 19.9. The molecule has 4 rings (SSSR count). The highest BCUT2D eigenvalue weighted by molar-refractivity contribution is 7.90. The molecule has 28 heavy (non-hydrogen) atoms. The second-order valence-electron chi connectivity index (χ2n) is 7.21. The number of hydrogen-bond acceptors (Lipinski definition) is 6. The van der Waals surface area contributed by atoms with Crippen LogP contribution >= 0.6 is 11.3 Å². The molecule has 0 saturated carbocycles. The van der Waals surface area contributed by atoms with Crippen LogP contribution in [0, 0.1) is 5.92 Å². The van der Waals surface area contributed by atoms with Gasteiger partial charge in [0.05, 0.1) is 11.2 Å². The molecule has 1 atom stereocenters. The highest BCUT2D eigenvalue weighted by atomic mass is 32.2. The monoisotopic (exact) mass is 418 g/mol. The van der Waals surface area contributed by atoms with E-state index < -0.39 is 15.7 Å². The molecule has 1 N–H and O–H groups in total. The average molecular weight is 419 g/mol. The molecule has 1 aliphatic rings. The lowest BCUT2D eigenvalue weighted by atomic mass is 9.88. The van der Waals surface area contributed by atoms with Crippen LogP contribution in [0.2, 0.25) is 0 Å². The summed E-state index contributed by atoms with van der Waals surface area (Å²) in [7, 11) is -3.57. The predicted molar refractivity (Wildman–Crippen MR) is 109 cm³/mol. The smallest absolute Gasteiger partial charge is 0.278 e. The van der Waals surface area contributed by atoms with E-state index in [2.05, 4.69) is 22.2 Å². The summed E-state index contributed by atoms with van der Waals surface area (Å²) in [4.78, 5) is 22.8. The van der Waals surface area contributed by atoms with Crippen molar-refractivity contribution in [2.45, 2.75) is 44.2 Å². The predicted octanol–water partition coefficient (Wildman–Crippen LogP) is 3.35. The summed E-state index contributed by atoms with van der Waals surface area (Å²) >= 11 is 1.51. The van der Waals surface area contributed by atoms with E-state index in [1.54, 1.807) is 24.4 Å². The molecule has 1 aliphatic carbocycles. The standard InChI is InChI=1S/C19H22N4O3S2/c1-3-6-12-8-9-13-15(11-12)27-18(20-13)22-17(24)16-14-7-4-5-10-23(14)19(21-16)28(2,25)26/h4-5,7,10,12H,3,6,8-9,11H2,1-2H3,(H,20,22,24). The normalized spacial score (nSPS) is 16.9. The van der Waals surface area contributed by atoms with Gasteiger partial charge in [0.15, 0.2) is 10.8 Å². The molecule has 7 nitrogen and oxygen atoms in total. The lowest BCUT2D eigenvalue weighted by Crippen LogP contribution is -2.13. The first-order valence-corrected chi connectivity index (χ1v) is 12.0. The van der Waals surface area contributed by atoms with Crippen molar-refractivity contribution >= 4 is 37.7 Å². The number of thiazole rings is 1. The summed E-state index contributed by atoms with van der Waals surface area (Å²) in [5.41, 5.74) is 1.60. The molecule has 9 heteroatoms. The number of aromatic nitrogens is 3. The fourth-order valence-electron chi connectivity index (χ4n) is 3.75. The first kappa shape index (κ1) is 19.1. The van der Waals surface area contributed by atoms with Gasteiger partial charge in [0.1, 0.15) is 0 Å². The van der Waals surface area contributed by atoms with Gasteiger partial charge in [0.2, 0.25) is 15.0 Å². The molecule has 0 spiro atoms. The maximum absolute atomic E-state index is 12.8. The van der Waals surface area contributed by atoms with Gasteiger partial charge in [-0.2, -0.15) is 0 Å². The third-order valence-corrected chi connectivity index (χ3v) is 7.01. The van der Waals surface area contributed by atoms with Crippen LogP contribution in [0.5, 0.6) is 0 Å². The third kappa shape index (κ3) is 3.56. The topological polar surface area (TPSA) is 93.4 Å². The molecule has 0 fully saturated rings. The Morgan fingerprint density at radius 1 is 1.36 bits per heavy atom. The molecular weight excluding hydrogens is 396 g/mol. The van der Waals surface area contributed by atoms with Crippen LogP contribution in [-0.2, 0) is 22.7 Å². The van der Waals surface area contributed by atoms with E-state index in [0.29, 0.717) is 16.6 Å². The Bertz CT molecular complexity index is 1150. The summed E-state index contributed by atoms with van der Waals surface area (Å²) < 4.78 is 25.5. The SMILES string of the molecule is CCCC1CCc2nc(NC(=O)c3nc(S(C)(=O)=O)n4ccccc34)sc2C1. The number of anilines is 1. The van der Waals surface area contributed by atoms with Crippen LogP contribution in [0.15, 0.2) is 29.6 Å². The molecule has 0 aromatic carbocycles. The maximum atomic E-state index is 12.8. The minimum atomic E-state index is -3.57. The van der Waals surface area contributed by atoms with Crippen LogP contribution in [0.1, 0.15) is 47.2 Å². The second kappa shape index (κ2) is 7.29. The van der Waals surface area contributed by atoms with Crippen molar-refractivity contribution < 1.29 is 13.2 Å². The third-order valence-electron chi connectivity index (χ3n) is 5.02. The van der Waals surface area contributed by atoms with Crippen molar-refractivity contribution in [1.82, 2.24) is 14.4 Å². The van der Waals surface area contributed by atoms with Gasteiger partial charge in [-0.3, -0.25) is 14.5 Å². The van der Waals surface area contributed by atoms with E-state index in [-0.39, 0.29) is 10.9 Å². The number of rotatable bonds is 5. The number of aryl methyl sites for hydroxylation is 1. The number of imidazole rings is 1. The number of carbonyl (C=O) groups is 1. The molecule has 0 radical (unpaired) electrons. The molecule has 3 aromatic rings. The van der Waals surface area contributed by atoms with Crippen molar-refractivity contribution in [3.8, 4) is 0 Å². The molecule has 0 saturated heterocycles. The van der Waals surface area contributed by atoms with Gasteiger partial charge in [-0.25, -0.2) is 18.4 Å². The zero-order valence-electron chi connectivity index (χ0n) is 15.8. The summed E-state index contributed by atoms with van der Waals surface area (Å²) in [6.07, 6.45) is 8.16. The van der Waals surface area contributed by atoms with Gasteiger partial charge in [0.25, 0.3) is 5.91 Å². The van der Waals surface area contributed by atoms with Crippen molar-refractivity contribution in [2.75, 3.05) is 11.6 Å². The Hall–Kier alpha value is -2.26. The Balaban J connectivity index is 1.62. The highest BCUT2D eigenvalue weighted by Crippen LogP contribution is 2.34. The fraction of sp³-hybridized carbons (Fsp3) is 0.421. The average Bonchev–Trinajstić information content (AvgIpc) is 3.22. The van der Waals surface area contributed by atoms with Crippen molar-refractivity contribution in [2.24, 2.45) is 5.92 Å². The minimum absolute atomic E-state index is 0.0815. The van der Waals surface area contributed by atoms with Crippen LogP contribution in [0.3, 0.4) is 0 Å². The van der Waals surface area contributed by atoms with E-state index in [4.69, 9.17) is 0 Å². The Morgan fingerprint density at radius 2 is 2.18 bits per heavy atom. The van der Waals surface area contributed by atoms with Crippen molar-refractivity contribution in [3.63, 3.8) is 0 Å². The number of nitrogens with zero attached hydrogens (tertiary/aromatic N) is 3. The number of pyridine rings is 1. The van der Waals surface area contributed by atoms with Gasteiger partial charge in [0, 0.05) is 17.3 Å². The largest absolute Gasteiger partial charge is 0.296 e. The molecule has 0 aliphatic heterocycles. The van der Waals surface area contributed by atoms with Crippen LogP contribution in [-0.4, -0.2) is 34.9 Å². The van der Waals surface area contributed by atoms with E-state index in [9.17, 15) is 13.2 Å². The van der Waals surface area contributed by atoms with Gasteiger partial charge in [-0.1, -0.05) is 25.8 Å². The highest BCUT2D eigenvalue weighted by Gasteiger charge is 2.25. The Labute approximate surface area is 167 Å². The van der Waals surface area contributed by atoms with E-state index in [0.717, 1.165) is 31.2 Å².